The Labute approximate surface area is 172 Å². The fraction of sp³-hybridized carbons (Fsp3) is 0.417. The first kappa shape index (κ1) is 19.6. The normalized spacial score (nSPS) is 21.4. The second-order valence-electron chi connectivity index (χ2n) is 8.48. The lowest BCUT2D eigenvalue weighted by molar-refractivity contribution is -0.127. The van der Waals surface area contributed by atoms with Gasteiger partial charge in [0.15, 0.2) is 0 Å². The highest BCUT2D eigenvalue weighted by Crippen LogP contribution is 2.34. The van der Waals surface area contributed by atoms with Crippen LogP contribution in [-0.4, -0.2) is 23.9 Å². The maximum absolute atomic E-state index is 13.4. The minimum Gasteiger partial charge on any atom is -0.347 e. The van der Waals surface area contributed by atoms with Gasteiger partial charge in [-0.2, -0.15) is 0 Å². The highest BCUT2D eigenvalue weighted by atomic mass is 16.2. The van der Waals surface area contributed by atoms with E-state index in [1.54, 1.807) is 4.90 Å². The quantitative estimate of drug-likeness (QED) is 0.841. The Morgan fingerprint density at radius 2 is 1.76 bits per heavy atom. The summed E-state index contributed by atoms with van der Waals surface area (Å²) in [6.45, 7) is 3.86. The number of para-hydroxylation sites is 1. The van der Waals surface area contributed by atoms with Crippen LogP contribution in [-0.2, 0) is 22.4 Å². The summed E-state index contributed by atoms with van der Waals surface area (Å²) in [5.41, 5.74) is 10.5. The van der Waals surface area contributed by atoms with Crippen molar-refractivity contribution < 1.29 is 9.59 Å². The van der Waals surface area contributed by atoms with Crippen LogP contribution < -0.4 is 16.0 Å². The number of rotatable bonds is 4. The molecule has 0 radical (unpaired) electrons. The fourth-order valence-corrected chi connectivity index (χ4v) is 4.49. The minimum absolute atomic E-state index is 0.00388. The molecule has 2 amide bonds. The first-order valence-electron chi connectivity index (χ1n) is 10.5. The number of nitrogens with zero attached hydrogens (tertiary/aromatic N) is 1. The lowest BCUT2D eigenvalue weighted by atomic mass is 9.87. The van der Waals surface area contributed by atoms with E-state index in [-0.39, 0.29) is 23.8 Å². The number of carbonyl (C=O) groups is 2. The van der Waals surface area contributed by atoms with Gasteiger partial charge in [0.05, 0.1) is 12.1 Å². The van der Waals surface area contributed by atoms with Gasteiger partial charge in [0.1, 0.15) is 6.04 Å². The summed E-state index contributed by atoms with van der Waals surface area (Å²) in [7, 11) is 0. The molecule has 2 aliphatic rings. The standard InChI is InChI=1S/C24H29N3O2/c1-15(2)22(25)24(29)27-20-13-6-4-9-17(20)14-21(27)23(28)26-19-12-7-10-16-8-3-5-11-18(16)19/h3-6,8-9,11,13,15,19,21-22H,7,10,12,14,25H2,1-2H3,(H,26,28). The van der Waals surface area contributed by atoms with E-state index in [1.807, 2.05) is 50.2 Å². The number of aryl methyl sites for hydroxylation is 1. The Balaban J connectivity index is 1.60. The molecule has 29 heavy (non-hydrogen) atoms. The third kappa shape index (κ3) is 3.67. The van der Waals surface area contributed by atoms with Crippen LogP contribution >= 0.6 is 0 Å². The summed E-state index contributed by atoms with van der Waals surface area (Å²) < 4.78 is 0. The maximum Gasteiger partial charge on any atom is 0.244 e. The molecule has 1 aliphatic carbocycles. The predicted octanol–water partition coefficient (Wildman–Crippen LogP) is 3.12. The Morgan fingerprint density at radius 3 is 2.52 bits per heavy atom. The number of hydrogen-bond acceptors (Lipinski definition) is 3. The molecule has 0 spiro atoms. The van der Waals surface area contributed by atoms with E-state index in [0.29, 0.717) is 6.42 Å². The molecule has 152 valence electrons. The molecule has 2 aromatic rings. The highest BCUT2D eigenvalue weighted by Gasteiger charge is 2.41. The second kappa shape index (κ2) is 7.99. The van der Waals surface area contributed by atoms with Gasteiger partial charge in [0.2, 0.25) is 11.8 Å². The van der Waals surface area contributed by atoms with Crippen molar-refractivity contribution >= 4 is 17.5 Å². The summed E-state index contributed by atoms with van der Waals surface area (Å²) >= 11 is 0. The second-order valence-corrected chi connectivity index (χ2v) is 8.48. The van der Waals surface area contributed by atoms with Crippen LogP contribution in [0.1, 0.15) is 49.4 Å². The molecule has 3 N–H and O–H groups in total. The Bertz CT molecular complexity index is 924. The fourth-order valence-electron chi connectivity index (χ4n) is 4.49. The molecule has 1 heterocycles. The number of nitrogens with one attached hydrogen (secondary N) is 1. The zero-order chi connectivity index (χ0) is 20.5. The van der Waals surface area contributed by atoms with Crippen LogP contribution in [0, 0.1) is 5.92 Å². The number of fused-ring (bicyclic) bond motifs is 2. The first-order valence-corrected chi connectivity index (χ1v) is 10.5. The zero-order valence-corrected chi connectivity index (χ0v) is 17.1. The molecular formula is C24H29N3O2. The minimum atomic E-state index is -0.633. The van der Waals surface area contributed by atoms with Crippen LogP contribution in [0.5, 0.6) is 0 Å². The largest absolute Gasteiger partial charge is 0.347 e. The van der Waals surface area contributed by atoms with E-state index in [4.69, 9.17) is 5.73 Å². The van der Waals surface area contributed by atoms with Gasteiger partial charge < -0.3 is 11.1 Å². The van der Waals surface area contributed by atoms with Crippen LogP contribution in [0.2, 0.25) is 0 Å². The van der Waals surface area contributed by atoms with Gasteiger partial charge in [0.25, 0.3) is 0 Å². The van der Waals surface area contributed by atoms with Gasteiger partial charge in [0, 0.05) is 12.1 Å². The molecular weight excluding hydrogens is 362 g/mol. The van der Waals surface area contributed by atoms with E-state index in [9.17, 15) is 9.59 Å². The Hall–Kier alpha value is -2.66. The van der Waals surface area contributed by atoms with Gasteiger partial charge in [-0.25, -0.2) is 0 Å². The molecule has 4 rings (SSSR count). The third-order valence-electron chi connectivity index (χ3n) is 6.21. The van der Waals surface area contributed by atoms with Crippen molar-refractivity contribution in [3.63, 3.8) is 0 Å². The monoisotopic (exact) mass is 391 g/mol. The van der Waals surface area contributed by atoms with Crippen molar-refractivity contribution in [3.05, 3.63) is 65.2 Å². The molecule has 3 unspecified atom stereocenters. The van der Waals surface area contributed by atoms with Gasteiger partial charge in [-0.15, -0.1) is 0 Å². The molecule has 1 aliphatic heterocycles. The first-order chi connectivity index (χ1) is 14.0. The van der Waals surface area contributed by atoms with E-state index >= 15 is 0 Å². The summed E-state index contributed by atoms with van der Waals surface area (Å²) in [4.78, 5) is 28.2. The van der Waals surface area contributed by atoms with E-state index < -0.39 is 12.1 Å². The number of nitrogens with two attached hydrogens (primary N) is 1. The summed E-state index contributed by atoms with van der Waals surface area (Å²) in [5.74, 6) is -0.287. The summed E-state index contributed by atoms with van der Waals surface area (Å²) in [6.07, 6.45) is 3.54. The molecule has 0 saturated carbocycles. The van der Waals surface area contributed by atoms with Crippen LogP contribution in [0.4, 0.5) is 5.69 Å². The molecule has 3 atom stereocenters. The van der Waals surface area contributed by atoms with Crippen molar-refractivity contribution in [1.29, 1.82) is 0 Å². The van der Waals surface area contributed by atoms with Crippen molar-refractivity contribution in [2.45, 2.75) is 57.7 Å². The van der Waals surface area contributed by atoms with Gasteiger partial charge in [-0.05, 0) is 47.9 Å². The van der Waals surface area contributed by atoms with Crippen LogP contribution in [0.3, 0.4) is 0 Å². The summed E-state index contributed by atoms with van der Waals surface area (Å²) in [5, 5.41) is 3.23. The third-order valence-corrected chi connectivity index (χ3v) is 6.21. The van der Waals surface area contributed by atoms with Gasteiger partial charge in [-0.1, -0.05) is 56.3 Å². The zero-order valence-electron chi connectivity index (χ0n) is 17.1. The highest BCUT2D eigenvalue weighted by molar-refractivity contribution is 6.05. The SMILES string of the molecule is CC(C)C(N)C(=O)N1c2ccccc2CC1C(=O)NC1CCCc2ccccc21. The summed E-state index contributed by atoms with van der Waals surface area (Å²) in [6, 6.07) is 14.8. The molecule has 0 aromatic heterocycles. The Kier molecular flexibility index (Phi) is 5.41. The number of amides is 2. The van der Waals surface area contributed by atoms with Crippen LogP contribution in [0.15, 0.2) is 48.5 Å². The number of hydrogen-bond donors (Lipinski definition) is 2. The van der Waals surface area contributed by atoms with E-state index in [1.165, 1.54) is 11.1 Å². The predicted molar refractivity (Wildman–Crippen MR) is 114 cm³/mol. The van der Waals surface area contributed by atoms with E-state index in [2.05, 4.69) is 17.4 Å². The number of anilines is 1. The molecule has 2 aromatic carbocycles. The van der Waals surface area contributed by atoms with Crippen molar-refractivity contribution in [2.75, 3.05) is 4.90 Å². The van der Waals surface area contributed by atoms with E-state index in [0.717, 1.165) is 30.5 Å². The van der Waals surface area contributed by atoms with Gasteiger partial charge in [-0.3, -0.25) is 14.5 Å². The molecule has 5 nitrogen and oxygen atoms in total. The van der Waals surface area contributed by atoms with Crippen molar-refractivity contribution in [3.8, 4) is 0 Å². The smallest absolute Gasteiger partial charge is 0.244 e. The average molecular weight is 392 g/mol. The Morgan fingerprint density at radius 1 is 1.07 bits per heavy atom. The topological polar surface area (TPSA) is 75.4 Å². The lowest BCUT2D eigenvalue weighted by Crippen LogP contribution is -2.54. The molecule has 5 heteroatoms. The average Bonchev–Trinajstić information content (AvgIpc) is 3.12. The van der Waals surface area contributed by atoms with Crippen molar-refractivity contribution in [2.24, 2.45) is 11.7 Å². The van der Waals surface area contributed by atoms with Crippen LogP contribution in [0.25, 0.3) is 0 Å². The number of carbonyl (C=O) groups excluding carboxylic acids is 2. The maximum atomic E-state index is 13.4. The lowest BCUT2D eigenvalue weighted by Gasteiger charge is -2.31. The van der Waals surface area contributed by atoms with Crippen molar-refractivity contribution in [1.82, 2.24) is 5.32 Å². The molecule has 0 bridgehead atoms. The molecule has 0 fully saturated rings. The van der Waals surface area contributed by atoms with Gasteiger partial charge >= 0.3 is 0 Å². The molecule has 0 saturated heterocycles. The number of benzene rings is 2.